The lowest BCUT2D eigenvalue weighted by Crippen LogP contribution is -2.22. The van der Waals surface area contributed by atoms with E-state index in [2.05, 4.69) is 5.32 Å². The van der Waals surface area contributed by atoms with E-state index in [1.165, 1.54) is 0 Å². The van der Waals surface area contributed by atoms with Crippen molar-refractivity contribution in [2.75, 3.05) is 5.32 Å². The number of ether oxygens (including phenoxy) is 1. The summed E-state index contributed by atoms with van der Waals surface area (Å²) in [6.07, 6.45) is 1.79. The molecule has 1 aromatic carbocycles. The van der Waals surface area contributed by atoms with Crippen LogP contribution in [-0.4, -0.2) is 11.5 Å². The maximum Gasteiger partial charge on any atom is 0.231 e. The second-order valence-electron chi connectivity index (χ2n) is 5.54. The van der Waals surface area contributed by atoms with Crippen LogP contribution in [-0.2, 0) is 11.2 Å². The van der Waals surface area contributed by atoms with Gasteiger partial charge < -0.3 is 14.5 Å². The quantitative estimate of drug-likeness (QED) is 0.925. The lowest BCUT2D eigenvalue weighted by Gasteiger charge is -2.21. The van der Waals surface area contributed by atoms with E-state index in [0.29, 0.717) is 5.76 Å². The first kappa shape index (κ1) is 14.2. The predicted molar refractivity (Wildman–Crippen MR) is 77.9 cm³/mol. The summed E-state index contributed by atoms with van der Waals surface area (Å²) in [5, 5.41) is 2.82. The molecule has 0 fully saturated rings. The first-order chi connectivity index (χ1) is 9.42. The minimum Gasteiger partial charge on any atom is -0.488 e. The molecule has 1 aromatic heterocycles. The van der Waals surface area contributed by atoms with Gasteiger partial charge in [0.05, 0.1) is 12.7 Å². The largest absolute Gasteiger partial charge is 0.488 e. The molecule has 4 heteroatoms. The van der Waals surface area contributed by atoms with E-state index in [4.69, 9.17) is 9.15 Å². The van der Waals surface area contributed by atoms with Gasteiger partial charge in [-0.15, -0.1) is 0 Å². The Morgan fingerprint density at radius 3 is 2.45 bits per heavy atom. The van der Waals surface area contributed by atoms with Crippen LogP contribution in [0.4, 0.5) is 5.69 Å². The number of furan rings is 1. The summed E-state index contributed by atoms with van der Waals surface area (Å²) in [6.45, 7) is 5.98. The Morgan fingerprint density at radius 2 is 1.90 bits per heavy atom. The van der Waals surface area contributed by atoms with Crippen molar-refractivity contribution in [3.63, 3.8) is 0 Å². The Labute approximate surface area is 118 Å². The van der Waals surface area contributed by atoms with Gasteiger partial charge in [0, 0.05) is 5.69 Å². The Morgan fingerprint density at radius 1 is 1.20 bits per heavy atom. The Hall–Kier alpha value is -2.23. The number of amides is 1. The molecule has 0 saturated carbocycles. The zero-order valence-corrected chi connectivity index (χ0v) is 12.0. The van der Waals surface area contributed by atoms with Crippen molar-refractivity contribution >= 4 is 11.6 Å². The predicted octanol–water partition coefficient (Wildman–Crippen LogP) is 3.64. The first-order valence-electron chi connectivity index (χ1n) is 6.54. The molecule has 0 aliphatic carbocycles. The summed E-state index contributed by atoms with van der Waals surface area (Å²) in [5.41, 5.74) is 0.507. The molecular formula is C16H19NO3. The van der Waals surface area contributed by atoms with Gasteiger partial charge in [0.1, 0.15) is 17.1 Å². The third-order valence-corrected chi connectivity index (χ3v) is 2.48. The Balaban J connectivity index is 1.92. The van der Waals surface area contributed by atoms with Gasteiger partial charge in [0.25, 0.3) is 0 Å². The number of carbonyl (C=O) groups excluding carboxylic acids is 1. The van der Waals surface area contributed by atoms with Crippen LogP contribution >= 0.6 is 0 Å². The standard InChI is InChI=1S/C16H19NO3/c1-16(2,3)20-13-8-6-12(7-9-13)17-15(18)11-14-5-4-10-19-14/h4-10H,11H2,1-3H3,(H,17,18). The second kappa shape index (κ2) is 5.82. The van der Waals surface area contributed by atoms with Crippen molar-refractivity contribution < 1.29 is 13.9 Å². The lowest BCUT2D eigenvalue weighted by molar-refractivity contribution is -0.115. The number of carbonyl (C=O) groups is 1. The van der Waals surface area contributed by atoms with Crippen LogP contribution in [0.15, 0.2) is 47.1 Å². The summed E-state index contributed by atoms with van der Waals surface area (Å²) in [6, 6.07) is 10.9. The first-order valence-corrected chi connectivity index (χ1v) is 6.54. The zero-order chi connectivity index (χ0) is 14.6. The minimum atomic E-state index is -0.232. The maximum absolute atomic E-state index is 11.8. The van der Waals surface area contributed by atoms with E-state index < -0.39 is 0 Å². The average molecular weight is 273 g/mol. The van der Waals surface area contributed by atoms with Crippen molar-refractivity contribution in [3.05, 3.63) is 48.4 Å². The third-order valence-electron chi connectivity index (χ3n) is 2.48. The van der Waals surface area contributed by atoms with Crippen LogP contribution < -0.4 is 10.1 Å². The van der Waals surface area contributed by atoms with Gasteiger partial charge in [0.15, 0.2) is 0 Å². The van der Waals surface area contributed by atoms with Crippen LogP contribution in [0, 0.1) is 0 Å². The average Bonchev–Trinajstić information content (AvgIpc) is 2.82. The van der Waals surface area contributed by atoms with Crippen LogP contribution in [0.1, 0.15) is 26.5 Å². The minimum absolute atomic E-state index is 0.107. The summed E-state index contributed by atoms with van der Waals surface area (Å²) in [7, 11) is 0. The highest BCUT2D eigenvalue weighted by molar-refractivity contribution is 5.91. The summed E-state index contributed by atoms with van der Waals surface area (Å²) >= 11 is 0. The molecule has 1 heterocycles. The molecule has 20 heavy (non-hydrogen) atoms. The molecule has 0 bridgehead atoms. The van der Waals surface area contributed by atoms with Gasteiger partial charge in [-0.2, -0.15) is 0 Å². The normalized spacial score (nSPS) is 11.2. The molecule has 1 amide bonds. The molecule has 4 nitrogen and oxygen atoms in total. The molecule has 1 N–H and O–H groups in total. The van der Waals surface area contributed by atoms with Crippen molar-refractivity contribution in [1.82, 2.24) is 0 Å². The molecule has 0 aliphatic heterocycles. The van der Waals surface area contributed by atoms with Crippen molar-refractivity contribution in [2.45, 2.75) is 32.8 Å². The topological polar surface area (TPSA) is 51.5 Å². The fourth-order valence-electron chi connectivity index (χ4n) is 1.74. The number of anilines is 1. The monoisotopic (exact) mass is 273 g/mol. The van der Waals surface area contributed by atoms with E-state index in [9.17, 15) is 4.79 Å². The molecule has 0 aliphatic rings. The van der Waals surface area contributed by atoms with Crippen molar-refractivity contribution in [2.24, 2.45) is 0 Å². The highest BCUT2D eigenvalue weighted by Crippen LogP contribution is 2.20. The van der Waals surface area contributed by atoms with Gasteiger partial charge in [-0.25, -0.2) is 0 Å². The van der Waals surface area contributed by atoms with Gasteiger partial charge in [-0.3, -0.25) is 4.79 Å². The highest BCUT2D eigenvalue weighted by atomic mass is 16.5. The van der Waals surface area contributed by atoms with Gasteiger partial charge in [0.2, 0.25) is 5.91 Å². The van der Waals surface area contributed by atoms with E-state index in [1.54, 1.807) is 18.4 Å². The van der Waals surface area contributed by atoms with E-state index in [0.717, 1.165) is 11.4 Å². The number of benzene rings is 1. The van der Waals surface area contributed by atoms with Crippen molar-refractivity contribution in [1.29, 1.82) is 0 Å². The molecule has 2 rings (SSSR count). The number of hydrogen-bond donors (Lipinski definition) is 1. The van der Waals surface area contributed by atoms with Gasteiger partial charge in [-0.1, -0.05) is 0 Å². The molecule has 106 valence electrons. The Bertz CT molecular complexity index is 550. The van der Waals surface area contributed by atoms with E-state index >= 15 is 0 Å². The van der Waals surface area contributed by atoms with E-state index in [-0.39, 0.29) is 17.9 Å². The highest BCUT2D eigenvalue weighted by Gasteiger charge is 2.11. The number of rotatable bonds is 4. The molecule has 0 unspecified atom stereocenters. The van der Waals surface area contributed by atoms with Crippen LogP contribution in [0.25, 0.3) is 0 Å². The number of hydrogen-bond acceptors (Lipinski definition) is 3. The fraction of sp³-hybridized carbons (Fsp3) is 0.312. The van der Waals surface area contributed by atoms with Crippen molar-refractivity contribution in [3.8, 4) is 5.75 Å². The molecular weight excluding hydrogens is 254 g/mol. The van der Waals surface area contributed by atoms with Crippen LogP contribution in [0.3, 0.4) is 0 Å². The Kier molecular flexibility index (Phi) is 4.13. The maximum atomic E-state index is 11.8. The smallest absolute Gasteiger partial charge is 0.231 e. The van der Waals surface area contributed by atoms with Crippen LogP contribution in [0.2, 0.25) is 0 Å². The summed E-state index contributed by atoms with van der Waals surface area (Å²) < 4.78 is 10.9. The third kappa shape index (κ3) is 4.46. The molecule has 0 saturated heterocycles. The molecule has 0 atom stereocenters. The second-order valence-corrected chi connectivity index (χ2v) is 5.54. The lowest BCUT2D eigenvalue weighted by atomic mass is 10.2. The number of nitrogens with one attached hydrogen (secondary N) is 1. The molecule has 0 spiro atoms. The summed E-state index contributed by atoms with van der Waals surface area (Å²) in [4.78, 5) is 11.8. The van der Waals surface area contributed by atoms with Crippen LogP contribution in [0.5, 0.6) is 5.75 Å². The van der Waals surface area contributed by atoms with E-state index in [1.807, 2.05) is 45.0 Å². The van der Waals surface area contributed by atoms with Gasteiger partial charge >= 0.3 is 0 Å². The zero-order valence-electron chi connectivity index (χ0n) is 12.0. The fourth-order valence-corrected chi connectivity index (χ4v) is 1.74. The van der Waals surface area contributed by atoms with Gasteiger partial charge in [-0.05, 0) is 57.2 Å². The molecule has 0 radical (unpaired) electrons. The SMILES string of the molecule is CC(C)(C)Oc1ccc(NC(=O)Cc2ccco2)cc1. The summed E-state index contributed by atoms with van der Waals surface area (Å²) in [5.74, 6) is 1.32. The molecule has 2 aromatic rings.